The minimum atomic E-state index is -0.437. The largest absolute Gasteiger partial charge is 0.396 e. The van der Waals surface area contributed by atoms with E-state index in [0.717, 1.165) is 5.56 Å². The molecule has 1 rings (SSSR count). The summed E-state index contributed by atoms with van der Waals surface area (Å²) in [5.74, 6) is 5.88. The smallest absolute Gasteiger partial charge is 0.0714 e. The molecule has 1 unspecified atom stereocenters. The summed E-state index contributed by atoms with van der Waals surface area (Å²) in [5, 5.41) is 12.3. The lowest BCUT2D eigenvalue weighted by molar-refractivity contribution is 0.267. The van der Waals surface area contributed by atoms with E-state index in [1.54, 1.807) is 0 Å². The zero-order valence-corrected chi connectivity index (χ0v) is 8.87. The van der Waals surface area contributed by atoms with Gasteiger partial charge in [-0.1, -0.05) is 41.4 Å². The van der Waals surface area contributed by atoms with Crippen molar-refractivity contribution in [3.8, 4) is 11.8 Å². The van der Waals surface area contributed by atoms with Crippen LogP contribution in [-0.2, 0) is 6.42 Å². The van der Waals surface area contributed by atoms with E-state index in [9.17, 15) is 0 Å². The highest BCUT2D eigenvalue weighted by Crippen LogP contribution is 1.99. The van der Waals surface area contributed by atoms with Crippen LogP contribution < -0.4 is 0 Å². The van der Waals surface area contributed by atoms with E-state index in [0.29, 0.717) is 12.8 Å². The number of hydrogen-bond donors (Lipinski definition) is 1. The number of aliphatic hydroxyl groups excluding tert-OH is 1. The van der Waals surface area contributed by atoms with Crippen LogP contribution in [0.2, 0.25) is 0 Å². The molecule has 0 aromatic heterocycles. The Morgan fingerprint density at radius 2 is 2.06 bits per heavy atom. The van der Waals surface area contributed by atoms with E-state index in [4.69, 9.17) is 10.6 Å². The predicted molar refractivity (Wildman–Crippen MR) is 62.6 cm³/mol. The molecule has 82 valence electrons. The lowest BCUT2D eigenvalue weighted by Crippen LogP contribution is -2.07. The fourth-order valence-corrected chi connectivity index (χ4v) is 1.17. The standard InChI is InChI=1S/C12H13N3O/c13-15-14-12(10-16)9-5-4-8-11-6-2-1-3-7-11/h1-3,6-7,12,16H,8-10H2. The van der Waals surface area contributed by atoms with Gasteiger partial charge in [-0.2, -0.15) is 0 Å². The maximum atomic E-state index is 8.84. The van der Waals surface area contributed by atoms with E-state index in [-0.39, 0.29) is 6.61 Å². The second-order valence-electron chi connectivity index (χ2n) is 3.26. The van der Waals surface area contributed by atoms with Crippen molar-refractivity contribution < 1.29 is 5.11 Å². The number of rotatable bonds is 4. The lowest BCUT2D eigenvalue weighted by Gasteiger charge is -1.99. The molecular formula is C12H13N3O. The van der Waals surface area contributed by atoms with Gasteiger partial charge in [-0.25, -0.2) is 0 Å². The van der Waals surface area contributed by atoms with Crippen LogP contribution in [0, 0.1) is 11.8 Å². The summed E-state index contributed by atoms with van der Waals surface area (Å²) >= 11 is 0. The Kier molecular flexibility index (Phi) is 5.57. The Morgan fingerprint density at radius 3 is 2.69 bits per heavy atom. The van der Waals surface area contributed by atoms with Crippen molar-refractivity contribution in [2.45, 2.75) is 18.9 Å². The van der Waals surface area contributed by atoms with Crippen LogP contribution in [-0.4, -0.2) is 17.8 Å². The van der Waals surface area contributed by atoms with E-state index in [2.05, 4.69) is 21.9 Å². The average Bonchev–Trinajstić information content (AvgIpc) is 2.34. The fourth-order valence-electron chi connectivity index (χ4n) is 1.17. The Hall–Kier alpha value is -1.95. The highest BCUT2D eigenvalue weighted by atomic mass is 16.3. The third-order valence-corrected chi connectivity index (χ3v) is 2.02. The van der Waals surface area contributed by atoms with Gasteiger partial charge in [-0.15, -0.1) is 5.92 Å². The van der Waals surface area contributed by atoms with Crippen LogP contribution >= 0.6 is 0 Å². The van der Waals surface area contributed by atoms with Gasteiger partial charge in [0.1, 0.15) is 0 Å². The van der Waals surface area contributed by atoms with Crippen LogP contribution in [0.3, 0.4) is 0 Å². The molecule has 0 fully saturated rings. The summed E-state index contributed by atoms with van der Waals surface area (Å²) in [6, 6.07) is 9.46. The van der Waals surface area contributed by atoms with Crippen molar-refractivity contribution in [2.24, 2.45) is 5.11 Å². The number of aliphatic hydroxyl groups is 1. The molecule has 1 atom stereocenters. The van der Waals surface area contributed by atoms with Gasteiger partial charge in [0, 0.05) is 17.8 Å². The van der Waals surface area contributed by atoms with E-state index >= 15 is 0 Å². The molecule has 1 aromatic rings. The minimum Gasteiger partial charge on any atom is -0.396 e. The highest BCUT2D eigenvalue weighted by molar-refractivity contribution is 5.20. The van der Waals surface area contributed by atoms with Gasteiger partial charge in [0.05, 0.1) is 12.6 Å². The van der Waals surface area contributed by atoms with Crippen LogP contribution in [0.15, 0.2) is 35.4 Å². The Balaban J connectivity index is 2.41. The van der Waals surface area contributed by atoms with Crippen molar-refractivity contribution in [3.63, 3.8) is 0 Å². The number of nitrogens with zero attached hydrogens (tertiary/aromatic N) is 3. The third kappa shape index (κ3) is 4.52. The van der Waals surface area contributed by atoms with E-state index in [1.165, 1.54) is 0 Å². The second kappa shape index (κ2) is 7.36. The summed E-state index contributed by atoms with van der Waals surface area (Å²) in [4.78, 5) is 2.64. The zero-order chi connectivity index (χ0) is 11.6. The van der Waals surface area contributed by atoms with E-state index < -0.39 is 6.04 Å². The first-order valence-corrected chi connectivity index (χ1v) is 5.01. The number of azide groups is 1. The molecule has 0 aliphatic rings. The minimum absolute atomic E-state index is 0.163. The van der Waals surface area contributed by atoms with Crippen molar-refractivity contribution in [1.29, 1.82) is 0 Å². The molecule has 1 aromatic carbocycles. The maximum Gasteiger partial charge on any atom is 0.0714 e. The first kappa shape index (κ1) is 12.1. The monoisotopic (exact) mass is 215 g/mol. The number of hydrogen-bond acceptors (Lipinski definition) is 2. The fraction of sp³-hybridized carbons (Fsp3) is 0.333. The van der Waals surface area contributed by atoms with E-state index in [1.807, 2.05) is 30.3 Å². The predicted octanol–water partition coefficient (Wildman–Crippen LogP) is 2.29. The van der Waals surface area contributed by atoms with Crippen LogP contribution in [0.5, 0.6) is 0 Å². The van der Waals surface area contributed by atoms with Crippen molar-refractivity contribution in [2.75, 3.05) is 6.61 Å². The second-order valence-corrected chi connectivity index (χ2v) is 3.26. The van der Waals surface area contributed by atoms with Gasteiger partial charge in [0.15, 0.2) is 0 Å². The van der Waals surface area contributed by atoms with Crippen molar-refractivity contribution in [3.05, 3.63) is 46.3 Å². The van der Waals surface area contributed by atoms with Gasteiger partial charge in [0.2, 0.25) is 0 Å². The number of benzene rings is 1. The quantitative estimate of drug-likeness (QED) is 0.356. The van der Waals surface area contributed by atoms with Crippen molar-refractivity contribution >= 4 is 0 Å². The molecule has 0 aliphatic carbocycles. The van der Waals surface area contributed by atoms with Crippen LogP contribution in [0.4, 0.5) is 0 Å². The average molecular weight is 215 g/mol. The molecule has 16 heavy (non-hydrogen) atoms. The topological polar surface area (TPSA) is 69.0 Å². The van der Waals surface area contributed by atoms with Gasteiger partial charge in [0.25, 0.3) is 0 Å². The molecule has 0 aliphatic heterocycles. The summed E-state index contributed by atoms with van der Waals surface area (Å²) in [6.07, 6.45) is 1.07. The van der Waals surface area contributed by atoms with Crippen LogP contribution in [0.1, 0.15) is 12.0 Å². The summed E-state index contributed by atoms with van der Waals surface area (Å²) in [5.41, 5.74) is 9.35. The highest BCUT2D eigenvalue weighted by Gasteiger charge is 2.00. The molecule has 0 bridgehead atoms. The Bertz CT molecular complexity index is 413. The summed E-state index contributed by atoms with van der Waals surface area (Å²) in [6.45, 7) is -0.163. The van der Waals surface area contributed by atoms with Crippen LogP contribution in [0.25, 0.3) is 10.4 Å². The van der Waals surface area contributed by atoms with Gasteiger partial charge < -0.3 is 5.11 Å². The molecular weight excluding hydrogens is 202 g/mol. The molecule has 0 radical (unpaired) electrons. The molecule has 0 spiro atoms. The lowest BCUT2D eigenvalue weighted by atomic mass is 10.1. The first-order valence-electron chi connectivity index (χ1n) is 5.01. The summed E-state index contributed by atoms with van der Waals surface area (Å²) in [7, 11) is 0. The van der Waals surface area contributed by atoms with Gasteiger partial charge in [-0.05, 0) is 11.1 Å². The molecule has 0 amide bonds. The molecule has 1 N–H and O–H groups in total. The van der Waals surface area contributed by atoms with Gasteiger partial charge in [-0.3, -0.25) is 0 Å². The summed E-state index contributed by atoms with van der Waals surface area (Å²) < 4.78 is 0. The maximum absolute atomic E-state index is 8.84. The normalized spacial score (nSPS) is 10.8. The molecule has 0 heterocycles. The first-order chi connectivity index (χ1) is 7.86. The van der Waals surface area contributed by atoms with Crippen molar-refractivity contribution in [1.82, 2.24) is 0 Å². The van der Waals surface area contributed by atoms with Gasteiger partial charge >= 0.3 is 0 Å². The molecule has 4 heteroatoms. The molecule has 4 nitrogen and oxygen atoms in total. The molecule has 0 saturated heterocycles. The third-order valence-electron chi connectivity index (χ3n) is 2.02. The Morgan fingerprint density at radius 1 is 1.31 bits per heavy atom. The SMILES string of the molecule is [N-]=[N+]=NC(CO)CC#CCc1ccccc1. The zero-order valence-electron chi connectivity index (χ0n) is 8.87. The Labute approximate surface area is 94.5 Å². The molecule has 0 saturated carbocycles.